The Hall–Kier alpha value is -0.913. The van der Waals surface area contributed by atoms with Gasteiger partial charge in [-0.3, -0.25) is 0 Å². The first-order valence-corrected chi connectivity index (χ1v) is 7.36. The van der Waals surface area contributed by atoms with Crippen molar-refractivity contribution in [3.63, 3.8) is 0 Å². The minimum absolute atomic E-state index is 0.118. The van der Waals surface area contributed by atoms with Crippen molar-refractivity contribution in [1.29, 1.82) is 0 Å². The third-order valence-corrected chi connectivity index (χ3v) is 3.43. The first-order valence-electron chi connectivity index (χ1n) is 4.65. The van der Waals surface area contributed by atoms with E-state index in [2.05, 4.69) is 0 Å². The van der Waals surface area contributed by atoms with Crippen LogP contribution in [0.3, 0.4) is 0 Å². The average molecular weight is 253 g/mol. The lowest BCUT2D eigenvalue weighted by atomic mass is 10.1. The smallest absolute Gasteiger partial charge is 0.200 e. The van der Waals surface area contributed by atoms with Crippen LogP contribution in [0.1, 0.15) is 5.56 Å². The molecular formula is C10H10F5Si. The van der Waals surface area contributed by atoms with Gasteiger partial charge >= 0.3 is 0 Å². The van der Waals surface area contributed by atoms with Crippen LogP contribution in [0.5, 0.6) is 0 Å². The fourth-order valence-electron chi connectivity index (χ4n) is 1.24. The van der Waals surface area contributed by atoms with Crippen molar-refractivity contribution < 1.29 is 22.0 Å². The van der Waals surface area contributed by atoms with E-state index >= 15 is 0 Å². The van der Waals surface area contributed by atoms with E-state index in [-0.39, 0.29) is 6.42 Å². The molecule has 0 saturated heterocycles. The third kappa shape index (κ3) is 2.42. The number of hydrogen-bond acceptors (Lipinski definition) is 0. The summed E-state index contributed by atoms with van der Waals surface area (Å²) in [6, 6.07) is 0.461. The zero-order valence-electron chi connectivity index (χ0n) is 8.80. The minimum Gasteiger partial charge on any atom is -0.203 e. The molecule has 1 aromatic carbocycles. The highest BCUT2D eigenvalue weighted by Crippen LogP contribution is 2.24. The maximum Gasteiger partial charge on any atom is 0.200 e. The van der Waals surface area contributed by atoms with Crippen LogP contribution in [0, 0.1) is 29.1 Å². The highest BCUT2D eigenvalue weighted by Gasteiger charge is 2.25. The van der Waals surface area contributed by atoms with Crippen molar-refractivity contribution >= 4 is 8.80 Å². The van der Waals surface area contributed by atoms with Gasteiger partial charge in [-0.1, -0.05) is 19.1 Å². The van der Waals surface area contributed by atoms with Gasteiger partial charge in [-0.15, -0.1) is 0 Å². The normalized spacial score (nSPS) is 11.2. The summed E-state index contributed by atoms with van der Waals surface area (Å²) in [5, 5.41) is 0. The quantitative estimate of drug-likeness (QED) is 0.333. The van der Waals surface area contributed by atoms with Gasteiger partial charge in [0, 0.05) is 14.4 Å². The average Bonchev–Trinajstić information content (AvgIpc) is 2.23. The highest BCUT2D eigenvalue weighted by atomic mass is 28.3. The lowest BCUT2D eigenvalue weighted by molar-refractivity contribution is 0.370. The molecule has 0 N–H and O–H groups in total. The number of benzene rings is 1. The SMILES string of the molecule is C[Si](C)CCc1c(F)c(F)c(F)c(F)c1F. The van der Waals surface area contributed by atoms with E-state index in [1.165, 1.54) is 0 Å². The summed E-state index contributed by atoms with van der Waals surface area (Å²) in [5.41, 5.74) is -0.706. The Balaban J connectivity index is 3.18. The highest BCUT2D eigenvalue weighted by molar-refractivity contribution is 6.55. The van der Waals surface area contributed by atoms with Crippen molar-refractivity contribution in [3.05, 3.63) is 34.6 Å². The molecule has 0 spiro atoms. The van der Waals surface area contributed by atoms with E-state index in [1.807, 2.05) is 13.1 Å². The van der Waals surface area contributed by atoms with Gasteiger partial charge in [0.25, 0.3) is 0 Å². The summed E-state index contributed by atoms with van der Waals surface area (Å²) >= 11 is 0. The maximum absolute atomic E-state index is 13.1. The van der Waals surface area contributed by atoms with E-state index in [0.29, 0.717) is 6.04 Å². The van der Waals surface area contributed by atoms with Crippen LogP contribution in [-0.2, 0) is 6.42 Å². The largest absolute Gasteiger partial charge is 0.203 e. The molecule has 1 rings (SSSR count). The monoisotopic (exact) mass is 253 g/mol. The minimum atomic E-state index is -2.10. The summed E-state index contributed by atoms with van der Waals surface area (Å²) in [7, 11) is -0.773. The summed E-state index contributed by atoms with van der Waals surface area (Å²) in [4.78, 5) is 0. The van der Waals surface area contributed by atoms with Gasteiger partial charge in [-0.25, -0.2) is 22.0 Å². The van der Waals surface area contributed by atoms with Gasteiger partial charge in [0.05, 0.1) is 0 Å². The standard InChI is InChI=1S/C10H10F5Si/c1-16(2)4-3-5-6(11)8(13)10(15)9(14)7(5)12/h3-4H2,1-2H3. The van der Waals surface area contributed by atoms with Crippen LogP contribution in [0.2, 0.25) is 19.1 Å². The second-order valence-electron chi connectivity index (χ2n) is 3.76. The molecule has 0 heterocycles. The molecule has 0 amide bonds. The molecule has 0 aliphatic rings. The molecule has 6 heteroatoms. The lowest BCUT2D eigenvalue weighted by Crippen LogP contribution is -2.10. The molecule has 1 aromatic rings. The van der Waals surface area contributed by atoms with Gasteiger partial charge in [-0.05, 0) is 6.42 Å². The number of halogens is 5. The first kappa shape index (κ1) is 13.2. The summed E-state index contributed by atoms with van der Waals surface area (Å²) in [6.07, 6.45) is -0.118. The Morgan fingerprint density at radius 2 is 1.12 bits per heavy atom. The summed E-state index contributed by atoms with van der Waals surface area (Å²) in [6.45, 7) is 3.80. The predicted molar refractivity (Wildman–Crippen MR) is 52.2 cm³/mol. The molecule has 0 aliphatic heterocycles. The molecule has 16 heavy (non-hydrogen) atoms. The van der Waals surface area contributed by atoms with Crippen LogP contribution in [-0.4, -0.2) is 8.80 Å². The van der Waals surface area contributed by atoms with Crippen LogP contribution in [0.4, 0.5) is 22.0 Å². The van der Waals surface area contributed by atoms with Crippen LogP contribution in [0.15, 0.2) is 0 Å². The van der Waals surface area contributed by atoms with Crippen LogP contribution >= 0.6 is 0 Å². The molecule has 1 radical (unpaired) electrons. The number of hydrogen-bond donors (Lipinski definition) is 0. The second kappa shape index (κ2) is 4.95. The zero-order valence-corrected chi connectivity index (χ0v) is 9.80. The van der Waals surface area contributed by atoms with Gasteiger partial charge < -0.3 is 0 Å². The molecule has 0 aliphatic carbocycles. The van der Waals surface area contributed by atoms with Gasteiger partial charge in [0.1, 0.15) is 0 Å². The van der Waals surface area contributed by atoms with Crippen LogP contribution in [0.25, 0.3) is 0 Å². The zero-order chi connectivity index (χ0) is 12.5. The predicted octanol–water partition coefficient (Wildman–Crippen LogP) is 3.68. The van der Waals surface area contributed by atoms with Crippen molar-refractivity contribution in [2.45, 2.75) is 25.6 Å². The number of rotatable bonds is 3. The maximum atomic E-state index is 13.1. The third-order valence-electron chi connectivity index (χ3n) is 2.18. The Kier molecular flexibility index (Phi) is 4.07. The molecule has 0 unspecified atom stereocenters. The molecule has 0 aromatic heterocycles. The van der Waals surface area contributed by atoms with E-state index in [4.69, 9.17) is 0 Å². The summed E-state index contributed by atoms with van der Waals surface area (Å²) < 4.78 is 64.5. The Bertz CT molecular complexity index is 374. The van der Waals surface area contributed by atoms with Gasteiger partial charge in [0.2, 0.25) is 5.82 Å². The molecule has 0 saturated carbocycles. The van der Waals surface area contributed by atoms with Gasteiger partial charge in [-0.2, -0.15) is 0 Å². The second-order valence-corrected chi connectivity index (χ2v) is 6.67. The van der Waals surface area contributed by atoms with Gasteiger partial charge in [0.15, 0.2) is 23.3 Å². The molecule has 0 atom stereocenters. The first-order chi connectivity index (χ1) is 7.36. The molecule has 0 bridgehead atoms. The molecular weight excluding hydrogens is 243 g/mol. The lowest BCUT2D eigenvalue weighted by Gasteiger charge is -2.08. The van der Waals surface area contributed by atoms with Crippen molar-refractivity contribution in [2.75, 3.05) is 0 Å². The van der Waals surface area contributed by atoms with E-state index in [9.17, 15) is 22.0 Å². The van der Waals surface area contributed by atoms with E-state index in [1.54, 1.807) is 0 Å². The molecule has 89 valence electrons. The fourth-order valence-corrected chi connectivity index (χ4v) is 1.99. The van der Waals surface area contributed by atoms with E-state index in [0.717, 1.165) is 0 Å². The Morgan fingerprint density at radius 3 is 1.50 bits per heavy atom. The molecule has 0 nitrogen and oxygen atoms in total. The Morgan fingerprint density at radius 1 is 0.750 bits per heavy atom. The van der Waals surface area contributed by atoms with Crippen molar-refractivity contribution in [2.24, 2.45) is 0 Å². The summed E-state index contributed by atoms with van der Waals surface area (Å²) in [5.74, 6) is -9.25. The van der Waals surface area contributed by atoms with E-state index < -0.39 is 43.4 Å². The topological polar surface area (TPSA) is 0 Å². The molecule has 0 fully saturated rings. The fraction of sp³-hybridized carbons (Fsp3) is 0.400. The van der Waals surface area contributed by atoms with Crippen molar-refractivity contribution in [1.82, 2.24) is 0 Å². The van der Waals surface area contributed by atoms with Crippen molar-refractivity contribution in [3.8, 4) is 0 Å². The Labute approximate surface area is 91.7 Å². The van der Waals surface area contributed by atoms with Crippen LogP contribution < -0.4 is 0 Å².